The van der Waals surface area contributed by atoms with E-state index in [9.17, 15) is 9.59 Å². The van der Waals surface area contributed by atoms with Gasteiger partial charge in [0, 0.05) is 38.0 Å². The standard InChI is InChI=1S/C18H22N4O4S/c1-3-25-18(24)22-10-8-21(9-11-22)17(23)14-6-4-5-7-15(14)27-12-16-19-13(2)26-20-16/h4-7H,3,8-12H2,1-2H3. The molecule has 1 aliphatic heterocycles. The molecule has 0 radical (unpaired) electrons. The quantitative estimate of drug-likeness (QED) is 0.725. The number of carbonyl (C=O) groups excluding carboxylic acids is 2. The van der Waals surface area contributed by atoms with Gasteiger partial charge in [-0.25, -0.2) is 4.79 Å². The number of amides is 2. The number of rotatable bonds is 5. The summed E-state index contributed by atoms with van der Waals surface area (Å²) in [5.74, 6) is 1.61. The van der Waals surface area contributed by atoms with Crippen molar-refractivity contribution < 1.29 is 18.8 Å². The van der Waals surface area contributed by atoms with Crippen molar-refractivity contribution in [3.8, 4) is 0 Å². The van der Waals surface area contributed by atoms with E-state index >= 15 is 0 Å². The minimum absolute atomic E-state index is 0.0362. The number of aryl methyl sites for hydroxylation is 1. The van der Waals surface area contributed by atoms with Crippen LogP contribution in [0.25, 0.3) is 0 Å². The molecular formula is C18H22N4O4S. The second-order valence-electron chi connectivity index (χ2n) is 5.99. The van der Waals surface area contributed by atoms with Gasteiger partial charge >= 0.3 is 6.09 Å². The van der Waals surface area contributed by atoms with E-state index in [4.69, 9.17) is 9.26 Å². The minimum Gasteiger partial charge on any atom is -0.450 e. The van der Waals surface area contributed by atoms with Crippen LogP contribution < -0.4 is 0 Å². The van der Waals surface area contributed by atoms with Crippen LogP contribution in [-0.2, 0) is 10.5 Å². The number of benzene rings is 1. The van der Waals surface area contributed by atoms with Gasteiger partial charge in [0.25, 0.3) is 5.91 Å². The normalized spacial score (nSPS) is 14.3. The first-order chi connectivity index (χ1) is 13.1. The molecule has 8 nitrogen and oxygen atoms in total. The van der Waals surface area contributed by atoms with Crippen molar-refractivity contribution in [2.24, 2.45) is 0 Å². The van der Waals surface area contributed by atoms with Crippen LogP contribution in [0.3, 0.4) is 0 Å². The number of nitrogens with zero attached hydrogens (tertiary/aromatic N) is 4. The second kappa shape index (κ2) is 8.90. The highest BCUT2D eigenvalue weighted by Gasteiger charge is 2.26. The number of hydrogen-bond donors (Lipinski definition) is 0. The Hall–Kier alpha value is -2.55. The van der Waals surface area contributed by atoms with Crippen molar-refractivity contribution in [2.45, 2.75) is 24.5 Å². The predicted octanol–water partition coefficient (Wildman–Crippen LogP) is 2.58. The van der Waals surface area contributed by atoms with Gasteiger partial charge in [0.2, 0.25) is 5.89 Å². The Balaban J connectivity index is 1.62. The molecule has 0 unspecified atom stereocenters. The molecular weight excluding hydrogens is 368 g/mol. The van der Waals surface area contributed by atoms with Gasteiger partial charge < -0.3 is 19.1 Å². The van der Waals surface area contributed by atoms with E-state index in [0.29, 0.717) is 55.8 Å². The Morgan fingerprint density at radius 2 is 1.89 bits per heavy atom. The largest absolute Gasteiger partial charge is 0.450 e. The zero-order chi connectivity index (χ0) is 19.2. The molecule has 27 heavy (non-hydrogen) atoms. The second-order valence-corrected chi connectivity index (χ2v) is 7.01. The monoisotopic (exact) mass is 390 g/mol. The Morgan fingerprint density at radius 1 is 1.19 bits per heavy atom. The van der Waals surface area contributed by atoms with Gasteiger partial charge in [-0.3, -0.25) is 4.79 Å². The van der Waals surface area contributed by atoms with Crippen LogP contribution in [0.15, 0.2) is 33.7 Å². The molecule has 0 spiro atoms. The SMILES string of the molecule is CCOC(=O)N1CCN(C(=O)c2ccccc2SCc2noc(C)n2)CC1. The number of aromatic nitrogens is 2. The molecule has 1 aromatic carbocycles. The topological polar surface area (TPSA) is 88.8 Å². The van der Waals surface area contributed by atoms with Gasteiger partial charge in [0.05, 0.1) is 17.9 Å². The third kappa shape index (κ3) is 4.79. The van der Waals surface area contributed by atoms with Crippen molar-refractivity contribution >= 4 is 23.8 Å². The molecule has 9 heteroatoms. The molecule has 1 aromatic heterocycles. The Bertz CT molecular complexity index is 802. The van der Waals surface area contributed by atoms with E-state index < -0.39 is 0 Å². The van der Waals surface area contributed by atoms with Crippen LogP contribution in [0.2, 0.25) is 0 Å². The molecule has 0 saturated carbocycles. The Morgan fingerprint density at radius 3 is 2.56 bits per heavy atom. The highest BCUT2D eigenvalue weighted by molar-refractivity contribution is 7.98. The summed E-state index contributed by atoms with van der Waals surface area (Å²) in [6.45, 7) is 5.80. The van der Waals surface area contributed by atoms with Gasteiger partial charge in [-0.2, -0.15) is 4.98 Å². The summed E-state index contributed by atoms with van der Waals surface area (Å²) in [5, 5.41) is 3.88. The molecule has 2 aromatic rings. The zero-order valence-electron chi connectivity index (χ0n) is 15.4. The van der Waals surface area contributed by atoms with Crippen LogP contribution >= 0.6 is 11.8 Å². The summed E-state index contributed by atoms with van der Waals surface area (Å²) in [5.41, 5.74) is 0.646. The summed E-state index contributed by atoms with van der Waals surface area (Å²) in [4.78, 5) is 33.2. The first-order valence-corrected chi connectivity index (χ1v) is 9.79. The third-order valence-electron chi connectivity index (χ3n) is 4.14. The van der Waals surface area contributed by atoms with E-state index in [1.165, 1.54) is 11.8 Å². The zero-order valence-corrected chi connectivity index (χ0v) is 16.2. The number of ether oxygens (including phenoxy) is 1. The minimum atomic E-state index is -0.323. The molecule has 1 fully saturated rings. The lowest BCUT2D eigenvalue weighted by Crippen LogP contribution is -2.50. The summed E-state index contributed by atoms with van der Waals surface area (Å²) >= 11 is 1.50. The first kappa shape index (κ1) is 19.2. The van der Waals surface area contributed by atoms with Crippen molar-refractivity contribution in [1.29, 1.82) is 0 Å². The Kier molecular flexibility index (Phi) is 6.33. The van der Waals surface area contributed by atoms with Gasteiger partial charge in [-0.1, -0.05) is 17.3 Å². The van der Waals surface area contributed by atoms with Crippen LogP contribution in [-0.4, -0.2) is 64.7 Å². The highest BCUT2D eigenvalue weighted by atomic mass is 32.2. The number of hydrogen-bond acceptors (Lipinski definition) is 7. The van der Waals surface area contributed by atoms with Gasteiger partial charge in [-0.15, -0.1) is 11.8 Å². The van der Waals surface area contributed by atoms with E-state index in [1.54, 1.807) is 23.6 Å². The lowest BCUT2D eigenvalue weighted by molar-refractivity contribution is 0.0568. The summed E-state index contributed by atoms with van der Waals surface area (Å²) in [6, 6.07) is 7.49. The highest BCUT2D eigenvalue weighted by Crippen LogP contribution is 2.26. The smallest absolute Gasteiger partial charge is 0.409 e. The van der Waals surface area contributed by atoms with E-state index in [2.05, 4.69) is 10.1 Å². The third-order valence-corrected chi connectivity index (χ3v) is 5.21. The van der Waals surface area contributed by atoms with Crippen molar-refractivity contribution in [1.82, 2.24) is 19.9 Å². The van der Waals surface area contributed by atoms with Crippen molar-refractivity contribution in [3.05, 3.63) is 41.5 Å². The van der Waals surface area contributed by atoms with Crippen molar-refractivity contribution in [2.75, 3.05) is 32.8 Å². The maximum absolute atomic E-state index is 13.0. The summed E-state index contributed by atoms with van der Waals surface area (Å²) in [7, 11) is 0. The molecule has 1 aliphatic rings. The molecule has 2 heterocycles. The van der Waals surface area contributed by atoms with E-state index in [0.717, 1.165) is 4.90 Å². The molecule has 2 amide bonds. The molecule has 144 valence electrons. The summed E-state index contributed by atoms with van der Waals surface area (Å²) in [6.07, 6.45) is -0.323. The Labute approximate surface area is 161 Å². The van der Waals surface area contributed by atoms with Crippen LogP contribution in [0, 0.1) is 6.92 Å². The molecule has 0 bridgehead atoms. The fourth-order valence-electron chi connectivity index (χ4n) is 2.79. The lowest BCUT2D eigenvalue weighted by atomic mass is 10.2. The predicted molar refractivity (Wildman–Crippen MR) is 99.5 cm³/mol. The maximum Gasteiger partial charge on any atom is 0.409 e. The average molecular weight is 390 g/mol. The summed E-state index contributed by atoms with van der Waals surface area (Å²) < 4.78 is 10.00. The van der Waals surface area contributed by atoms with Crippen LogP contribution in [0.4, 0.5) is 4.79 Å². The first-order valence-electron chi connectivity index (χ1n) is 8.80. The van der Waals surface area contributed by atoms with Crippen molar-refractivity contribution in [3.63, 3.8) is 0 Å². The molecule has 3 rings (SSSR count). The fourth-order valence-corrected chi connectivity index (χ4v) is 3.68. The average Bonchev–Trinajstić information content (AvgIpc) is 3.11. The van der Waals surface area contributed by atoms with E-state index in [-0.39, 0.29) is 12.0 Å². The fraction of sp³-hybridized carbons (Fsp3) is 0.444. The number of thioether (sulfide) groups is 1. The van der Waals surface area contributed by atoms with E-state index in [1.807, 2.05) is 24.3 Å². The van der Waals surface area contributed by atoms with Gasteiger partial charge in [-0.05, 0) is 19.1 Å². The molecule has 0 aliphatic carbocycles. The number of piperazine rings is 1. The molecule has 0 N–H and O–H groups in total. The molecule has 0 atom stereocenters. The van der Waals surface area contributed by atoms with Gasteiger partial charge in [0.1, 0.15) is 0 Å². The molecule has 1 saturated heterocycles. The van der Waals surface area contributed by atoms with Gasteiger partial charge in [0.15, 0.2) is 5.82 Å². The maximum atomic E-state index is 13.0. The van der Waals surface area contributed by atoms with Crippen LogP contribution in [0.5, 0.6) is 0 Å². The number of carbonyl (C=O) groups is 2. The van der Waals surface area contributed by atoms with Crippen LogP contribution in [0.1, 0.15) is 29.0 Å². The lowest BCUT2D eigenvalue weighted by Gasteiger charge is -2.34.